The van der Waals surface area contributed by atoms with E-state index in [1.165, 1.54) is 6.33 Å². The highest BCUT2D eigenvalue weighted by Gasteiger charge is 2.08. The van der Waals surface area contributed by atoms with Crippen LogP contribution in [0.5, 0.6) is 0 Å². The van der Waals surface area contributed by atoms with Crippen molar-refractivity contribution in [1.29, 1.82) is 0 Å². The van der Waals surface area contributed by atoms with Gasteiger partial charge in [0.1, 0.15) is 17.5 Å². The first-order chi connectivity index (χ1) is 7.34. The molecular weight excluding hydrogens is 190 g/mol. The number of nitrogens with one attached hydrogen (secondary N) is 2. The molecule has 0 aliphatic heterocycles. The minimum absolute atomic E-state index is 0.693. The quantitative estimate of drug-likeness (QED) is 0.626. The Labute approximate surface area is 85.6 Å². The fourth-order valence-electron chi connectivity index (χ4n) is 1.63. The van der Waals surface area contributed by atoms with Crippen molar-refractivity contribution in [2.24, 2.45) is 0 Å². The van der Waals surface area contributed by atoms with E-state index in [2.05, 4.69) is 24.9 Å². The number of H-pyrrole nitrogens is 2. The summed E-state index contributed by atoms with van der Waals surface area (Å²) in [6.07, 6.45) is 5.08. The van der Waals surface area contributed by atoms with E-state index in [1.807, 2.05) is 19.2 Å². The minimum atomic E-state index is 0.693. The van der Waals surface area contributed by atoms with Gasteiger partial charge in [0.2, 0.25) is 0 Å². The highest BCUT2D eigenvalue weighted by molar-refractivity contribution is 5.86. The van der Waals surface area contributed by atoms with Crippen molar-refractivity contribution in [2.75, 3.05) is 0 Å². The van der Waals surface area contributed by atoms with Gasteiger partial charge >= 0.3 is 0 Å². The Bertz CT molecular complexity index is 607. The number of nitrogens with zero attached hydrogens (tertiary/aromatic N) is 3. The van der Waals surface area contributed by atoms with Gasteiger partial charge in [-0.15, -0.1) is 0 Å². The Hall–Kier alpha value is -2.17. The molecule has 0 unspecified atom stereocenters. The number of aromatic amines is 2. The second kappa shape index (κ2) is 2.91. The predicted octanol–water partition coefficient (Wildman–Crippen LogP) is 1.66. The van der Waals surface area contributed by atoms with Crippen molar-refractivity contribution in [1.82, 2.24) is 24.9 Å². The molecule has 15 heavy (non-hydrogen) atoms. The number of imidazole rings is 1. The lowest BCUT2D eigenvalue weighted by Crippen LogP contribution is -1.86. The van der Waals surface area contributed by atoms with Crippen LogP contribution < -0.4 is 0 Å². The SMILES string of the molecule is Cc1cc(-c2ncnc3nc[nH]c23)c[nH]1. The third-order valence-electron chi connectivity index (χ3n) is 2.32. The van der Waals surface area contributed by atoms with Crippen molar-refractivity contribution < 1.29 is 0 Å². The van der Waals surface area contributed by atoms with Gasteiger partial charge in [-0.2, -0.15) is 0 Å². The highest BCUT2D eigenvalue weighted by atomic mass is 15.0. The van der Waals surface area contributed by atoms with Gasteiger partial charge in [0.25, 0.3) is 0 Å². The van der Waals surface area contributed by atoms with Gasteiger partial charge in [-0.05, 0) is 13.0 Å². The van der Waals surface area contributed by atoms with Crippen molar-refractivity contribution in [3.63, 3.8) is 0 Å². The van der Waals surface area contributed by atoms with Crippen molar-refractivity contribution >= 4 is 11.2 Å². The number of rotatable bonds is 1. The normalized spacial score (nSPS) is 11.0. The first-order valence-electron chi connectivity index (χ1n) is 4.64. The van der Waals surface area contributed by atoms with E-state index in [9.17, 15) is 0 Å². The molecular formula is C10H9N5. The molecule has 0 aliphatic carbocycles. The summed E-state index contributed by atoms with van der Waals surface area (Å²) in [7, 11) is 0. The molecule has 5 heteroatoms. The summed E-state index contributed by atoms with van der Waals surface area (Å²) in [4.78, 5) is 18.6. The number of aromatic nitrogens is 5. The molecule has 3 aromatic rings. The van der Waals surface area contributed by atoms with Crippen molar-refractivity contribution in [3.8, 4) is 11.3 Å². The third kappa shape index (κ3) is 1.20. The summed E-state index contributed by atoms with van der Waals surface area (Å²) in [5.41, 5.74) is 4.60. The maximum Gasteiger partial charge on any atom is 0.181 e. The molecule has 3 rings (SSSR count). The molecule has 0 saturated heterocycles. The molecule has 0 amide bonds. The first-order valence-corrected chi connectivity index (χ1v) is 4.64. The summed E-state index contributed by atoms with van der Waals surface area (Å²) in [6, 6.07) is 2.04. The molecule has 0 aliphatic rings. The van der Waals surface area contributed by atoms with Crippen LogP contribution in [0.25, 0.3) is 22.4 Å². The summed E-state index contributed by atoms with van der Waals surface area (Å²) in [6.45, 7) is 2.01. The van der Waals surface area contributed by atoms with Crippen LogP contribution in [0.3, 0.4) is 0 Å². The van der Waals surface area contributed by atoms with E-state index in [0.29, 0.717) is 5.65 Å². The molecule has 74 valence electrons. The maximum absolute atomic E-state index is 4.26. The van der Waals surface area contributed by atoms with Gasteiger partial charge < -0.3 is 9.97 Å². The van der Waals surface area contributed by atoms with Gasteiger partial charge in [0.05, 0.1) is 6.33 Å². The van der Waals surface area contributed by atoms with E-state index < -0.39 is 0 Å². The van der Waals surface area contributed by atoms with E-state index in [0.717, 1.165) is 22.5 Å². The van der Waals surface area contributed by atoms with Crippen LogP contribution in [-0.2, 0) is 0 Å². The zero-order valence-electron chi connectivity index (χ0n) is 8.15. The van der Waals surface area contributed by atoms with Crippen molar-refractivity contribution in [2.45, 2.75) is 6.92 Å². The third-order valence-corrected chi connectivity index (χ3v) is 2.32. The standard InChI is InChI=1S/C10H9N5/c1-6-2-7(3-11-6)8-9-10(14-4-12-8)15-5-13-9/h2-5,11H,1H3,(H,12,13,14,15). The Kier molecular flexibility index (Phi) is 1.58. The molecule has 0 bridgehead atoms. The second-order valence-corrected chi connectivity index (χ2v) is 3.39. The fraction of sp³-hybridized carbons (Fsp3) is 0.100. The van der Waals surface area contributed by atoms with E-state index >= 15 is 0 Å². The summed E-state index contributed by atoms with van der Waals surface area (Å²) in [5.74, 6) is 0. The molecule has 0 fully saturated rings. The van der Waals surface area contributed by atoms with Crippen LogP contribution in [0, 0.1) is 6.92 Å². The van der Waals surface area contributed by atoms with Crippen LogP contribution in [0.15, 0.2) is 24.9 Å². The monoisotopic (exact) mass is 199 g/mol. The molecule has 0 spiro atoms. The summed E-state index contributed by atoms with van der Waals surface area (Å²) in [5, 5.41) is 0. The molecule has 3 aromatic heterocycles. The zero-order valence-corrected chi connectivity index (χ0v) is 8.15. The smallest absolute Gasteiger partial charge is 0.181 e. The lowest BCUT2D eigenvalue weighted by atomic mass is 10.2. The van der Waals surface area contributed by atoms with Gasteiger partial charge in [0, 0.05) is 17.5 Å². The average Bonchev–Trinajstić information content (AvgIpc) is 2.84. The van der Waals surface area contributed by atoms with Crippen LogP contribution in [0.1, 0.15) is 5.69 Å². The summed E-state index contributed by atoms with van der Waals surface area (Å²) >= 11 is 0. The van der Waals surface area contributed by atoms with Crippen LogP contribution in [0.2, 0.25) is 0 Å². The van der Waals surface area contributed by atoms with Crippen LogP contribution in [0.4, 0.5) is 0 Å². The van der Waals surface area contributed by atoms with E-state index in [1.54, 1.807) is 6.33 Å². The summed E-state index contributed by atoms with van der Waals surface area (Å²) < 4.78 is 0. The highest BCUT2D eigenvalue weighted by Crippen LogP contribution is 2.22. The topological polar surface area (TPSA) is 70.2 Å². The molecule has 0 atom stereocenters. The zero-order chi connectivity index (χ0) is 10.3. The van der Waals surface area contributed by atoms with E-state index in [-0.39, 0.29) is 0 Å². The lowest BCUT2D eigenvalue weighted by molar-refractivity contribution is 1.20. The fourth-order valence-corrected chi connectivity index (χ4v) is 1.63. The Morgan fingerprint density at radius 1 is 1.13 bits per heavy atom. The molecule has 0 aromatic carbocycles. The van der Waals surface area contributed by atoms with Crippen LogP contribution >= 0.6 is 0 Å². The Morgan fingerprint density at radius 3 is 2.87 bits per heavy atom. The van der Waals surface area contributed by atoms with Crippen molar-refractivity contribution in [3.05, 3.63) is 30.6 Å². The first kappa shape index (κ1) is 8.16. The molecule has 0 radical (unpaired) electrons. The Morgan fingerprint density at radius 2 is 2.07 bits per heavy atom. The lowest BCUT2D eigenvalue weighted by Gasteiger charge is -1.96. The van der Waals surface area contributed by atoms with Gasteiger partial charge in [0.15, 0.2) is 5.65 Å². The molecule has 0 saturated carbocycles. The predicted molar refractivity (Wildman–Crippen MR) is 56.2 cm³/mol. The maximum atomic E-state index is 4.26. The molecule has 2 N–H and O–H groups in total. The second-order valence-electron chi connectivity index (χ2n) is 3.39. The number of aryl methyl sites for hydroxylation is 1. The number of hydrogen-bond acceptors (Lipinski definition) is 3. The van der Waals surface area contributed by atoms with Gasteiger partial charge in [-0.1, -0.05) is 0 Å². The van der Waals surface area contributed by atoms with Crippen LogP contribution in [-0.4, -0.2) is 24.9 Å². The average molecular weight is 199 g/mol. The van der Waals surface area contributed by atoms with E-state index in [4.69, 9.17) is 0 Å². The number of fused-ring (bicyclic) bond motifs is 1. The largest absolute Gasteiger partial charge is 0.365 e. The van der Waals surface area contributed by atoms with Gasteiger partial charge in [-0.25, -0.2) is 15.0 Å². The minimum Gasteiger partial charge on any atom is -0.365 e. The Balaban J connectivity index is 2.30. The van der Waals surface area contributed by atoms with Gasteiger partial charge in [-0.3, -0.25) is 0 Å². The number of hydrogen-bond donors (Lipinski definition) is 2. The molecule has 3 heterocycles. The molecule has 5 nitrogen and oxygen atoms in total.